The molecule has 1 amide bonds. The van der Waals surface area contributed by atoms with Crippen molar-refractivity contribution >= 4 is 11.7 Å². The number of carbonyl (C=O) groups is 1. The van der Waals surface area contributed by atoms with Crippen molar-refractivity contribution in [3.63, 3.8) is 0 Å². The van der Waals surface area contributed by atoms with Crippen molar-refractivity contribution < 1.29 is 18.0 Å². The van der Waals surface area contributed by atoms with E-state index in [-0.39, 0.29) is 23.8 Å². The Bertz CT molecular complexity index is 690. The molecule has 1 saturated heterocycles. The van der Waals surface area contributed by atoms with Crippen molar-refractivity contribution in [2.75, 3.05) is 31.1 Å². The normalized spacial score (nSPS) is 26.6. The number of halogens is 3. The van der Waals surface area contributed by atoms with E-state index in [1.807, 2.05) is 9.80 Å². The molecule has 26 heavy (non-hydrogen) atoms. The first-order chi connectivity index (χ1) is 12.3. The lowest BCUT2D eigenvalue weighted by molar-refractivity contribution is -0.139. The number of pyridine rings is 1. The number of nitrogens with two attached hydrogens (primary N) is 1. The van der Waals surface area contributed by atoms with E-state index in [1.165, 1.54) is 6.07 Å². The predicted molar refractivity (Wildman–Crippen MR) is 90.7 cm³/mol. The van der Waals surface area contributed by atoms with Gasteiger partial charge >= 0.3 is 6.18 Å². The second kappa shape index (κ2) is 6.40. The molecule has 4 rings (SSSR count). The van der Waals surface area contributed by atoms with Crippen LogP contribution in [0, 0.1) is 5.92 Å². The summed E-state index contributed by atoms with van der Waals surface area (Å²) < 4.78 is 39.0. The zero-order valence-corrected chi connectivity index (χ0v) is 14.5. The van der Waals surface area contributed by atoms with E-state index in [1.54, 1.807) is 0 Å². The molecule has 2 aliphatic carbocycles. The predicted octanol–water partition coefficient (Wildman–Crippen LogP) is 2.36. The zero-order chi connectivity index (χ0) is 18.5. The summed E-state index contributed by atoms with van der Waals surface area (Å²) in [7, 11) is 0. The highest BCUT2D eigenvalue weighted by Crippen LogP contribution is 2.45. The molecular formula is C18H23F3N4O. The van der Waals surface area contributed by atoms with Gasteiger partial charge in [0, 0.05) is 44.3 Å². The number of hydrogen-bond donors (Lipinski definition) is 1. The molecule has 2 heterocycles. The van der Waals surface area contributed by atoms with Crippen LogP contribution in [0.5, 0.6) is 0 Å². The number of carbonyl (C=O) groups excluding carboxylic acids is 1. The largest absolute Gasteiger partial charge is 0.417 e. The summed E-state index contributed by atoms with van der Waals surface area (Å²) in [4.78, 5) is 20.5. The van der Waals surface area contributed by atoms with Crippen LogP contribution in [0.25, 0.3) is 0 Å². The molecular weight excluding hydrogens is 345 g/mol. The van der Waals surface area contributed by atoms with Crippen LogP contribution in [-0.4, -0.2) is 48.0 Å². The molecule has 0 aromatic carbocycles. The van der Waals surface area contributed by atoms with Gasteiger partial charge in [0.25, 0.3) is 0 Å². The Labute approximate surface area is 150 Å². The second-order valence-electron chi connectivity index (χ2n) is 7.65. The van der Waals surface area contributed by atoms with Gasteiger partial charge < -0.3 is 15.5 Å². The number of alkyl halides is 3. The Hall–Kier alpha value is -1.83. The number of nitrogens with zero attached hydrogens (tertiary/aromatic N) is 3. The molecule has 0 bridgehead atoms. The molecule has 1 aliphatic heterocycles. The monoisotopic (exact) mass is 368 g/mol. The lowest BCUT2D eigenvalue weighted by Crippen LogP contribution is -2.53. The maximum absolute atomic E-state index is 13.0. The molecule has 1 aromatic heterocycles. The van der Waals surface area contributed by atoms with Crippen molar-refractivity contribution in [2.45, 2.75) is 43.8 Å². The first-order valence-electron chi connectivity index (χ1n) is 9.19. The Kier molecular flexibility index (Phi) is 4.33. The van der Waals surface area contributed by atoms with Crippen molar-refractivity contribution in [2.24, 2.45) is 11.7 Å². The quantitative estimate of drug-likeness (QED) is 0.890. The van der Waals surface area contributed by atoms with Crippen molar-refractivity contribution in [3.8, 4) is 0 Å². The van der Waals surface area contributed by atoms with Crippen molar-refractivity contribution in [1.29, 1.82) is 0 Å². The molecule has 2 saturated carbocycles. The third-order valence-corrected chi connectivity index (χ3v) is 5.65. The number of anilines is 1. The van der Waals surface area contributed by atoms with Gasteiger partial charge in [-0.25, -0.2) is 4.98 Å². The fourth-order valence-electron chi connectivity index (χ4n) is 3.85. The van der Waals surface area contributed by atoms with Gasteiger partial charge in [-0.15, -0.1) is 0 Å². The summed E-state index contributed by atoms with van der Waals surface area (Å²) in [6.07, 6.45) is -0.109. The molecule has 8 heteroatoms. The topological polar surface area (TPSA) is 62.5 Å². The minimum atomic E-state index is -4.37. The van der Waals surface area contributed by atoms with Gasteiger partial charge in [-0.05, 0) is 43.2 Å². The maximum atomic E-state index is 13.0. The number of hydrogen-bond acceptors (Lipinski definition) is 4. The summed E-state index contributed by atoms with van der Waals surface area (Å²) in [6, 6.07) is 1.40. The van der Waals surface area contributed by atoms with E-state index in [9.17, 15) is 18.0 Å². The van der Waals surface area contributed by atoms with Crippen LogP contribution in [0.2, 0.25) is 0 Å². The Balaban J connectivity index is 1.45. The van der Waals surface area contributed by atoms with Crippen LogP contribution < -0.4 is 10.6 Å². The van der Waals surface area contributed by atoms with Crippen molar-refractivity contribution in [1.82, 2.24) is 9.88 Å². The van der Waals surface area contributed by atoms with Crippen LogP contribution in [-0.2, 0) is 11.0 Å². The molecule has 142 valence electrons. The van der Waals surface area contributed by atoms with Gasteiger partial charge in [0.1, 0.15) is 5.82 Å². The highest BCUT2D eigenvalue weighted by molar-refractivity contribution is 5.80. The van der Waals surface area contributed by atoms with Crippen LogP contribution >= 0.6 is 0 Å². The first kappa shape index (κ1) is 17.6. The molecule has 3 aliphatic rings. The van der Waals surface area contributed by atoms with Gasteiger partial charge in [0.05, 0.1) is 5.56 Å². The number of piperazine rings is 1. The Morgan fingerprint density at radius 3 is 2.35 bits per heavy atom. The minimum absolute atomic E-state index is 0.0442. The molecule has 0 radical (unpaired) electrons. The zero-order valence-electron chi connectivity index (χ0n) is 14.5. The molecule has 0 unspecified atom stereocenters. The lowest BCUT2D eigenvalue weighted by Gasteiger charge is -2.40. The molecule has 3 fully saturated rings. The van der Waals surface area contributed by atoms with Crippen LogP contribution in [0.4, 0.5) is 19.0 Å². The van der Waals surface area contributed by atoms with E-state index in [4.69, 9.17) is 5.73 Å². The fourth-order valence-corrected chi connectivity index (χ4v) is 3.85. The summed E-state index contributed by atoms with van der Waals surface area (Å²) in [6.45, 7) is 2.36. The number of amides is 1. The minimum Gasteiger partial charge on any atom is -0.353 e. The van der Waals surface area contributed by atoms with E-state index in [2.05, 4.69) is 4.98 Å². The van der Waals surface area contributed by atoms with Gasteiger partial charge in [-0.3, -0.25) is 4.79 Å². The summed E-state index contributed by atoms with van der Waals surface area (Å²) in [5.74, 6) is 1.03. The standard InChI is InChI=1S/C18H23F3N4O/c19-18(20,21)13-9-15(11-1-2-11)16(23-10-13)24-3-5-25(6-4-24)17(26)12-7-14(22)8-12/h9-12,14H,1-8,22H2. The second-order valence-corrected chi connectivity index (χ2v) is 7.65. The highest BCUT2D eigenvalue weighted by atomic mass is 19.4. The van der Waals surface area contributed by atoms with E-state index < -0.39 is 11.7 Å². The smallest absolute Gasteiger partial charge is 0.353 e. The van der Waals surface area contributed by atoms with Gasteiger partial charge in [-0.1, -0.05) is 0 Å². The average molecular weight is 368 g/mol. The Morgan fingerprint density at radius 2 is 1.81 bits per heavy atom. The summed E-state index contributed by atoms with van der Waals surface area (Å²) >= 11 is 0. The molecule has 2 N–H and O–H groups in total. The van der Waals surface area contributed by atoms with Gasteiger partial charge in [-0.2, -0.15) is 13.2 Å². The van der Waals surface area contributed by atoms with E-state index in [0.29, 0.717) is 37.6 Å². The van der Waals surface area contributed by atoms with Crippen LogP contribution in [0.15, 0.2) is 12.3 Å². The lowest BCUT2D eigenvalue weighted by atomic mass is 9.80. The SMILES string of the molecule is NC1CC(C(=O)N2CCN(c3ncc(C(F)(F)F)cc3C3CC3)CC2)C1. The molecule has 0 spiro atoms. The number of rotatable bonds is 3. The maximum Gasteiger partial charge on any atom is 0.417 e. The third kappa shape index (κ3) is 3.39. The van der Waals surface area contributed by atoms with Gasteiger partial charge in [0.2, 0.25) is 5.91 Å². The molecule has 0 atom stereocenters. The highest BCUT2D eigenvalue weighted by Gasteiger charge is 2.38. The van der Waals surface area contributed by atoms with E-state index >= 15 is 0 Å². The molecule has 5 nitrogen and oxygen atoms in total. The molecule has 1 aromatic rings. The van der Waals surface area contributed by atoms with E-state index in [0.717, 1.165) is 31.9 Å². The van der Waals surface area contributed by atoms with Gasteiger partial charge in [0.15, 0.2) is 0 Å². The summed E-state index contributed by atoms with van der Waals surface area (Å²) in [5, 5.41) is 0. The summed E-state index contributed by atoms with van der Waals surface area (Å²) in [5.41, 5.74) is 5.78. The third-order valence-electron chi connectivity index (χ3n) is 5.65. The fraction of sp³-hybridized carbons (Fsp3) is 0.667. The van der Waals surface area contributed by atoms with Crippen molar-refractivity contribution in [3.05, 3.63) is 23.4 Å². The first-order valence-corrected chi connectivity index (χ1v) is 9.19. The average Bonchev–Trinajstić information content (AvgIpc) is 3.42. The Morgan fingerprint density at radius 1 is 1.15 bits per heavy atom. The van der Waals surface area contributed by atoms with Crippen LogP contribution in [0.1, 0.15) is 42.7 Å². The van der Waals surface area contributed by atoms with Crippen LogP contribution in [0.3, 0.4) is 0 Å². The number of aromatic nitrogens is 1.